The Balaban J connectivity index is 1.56. The number of halogens is 1. The summed E-state index contributed by atoms with van der Waals surface area (Å²) in [6.45, 7) is 0.187. The third kappa shape index (κ3) is 5.46. The van der Waals surface area contributed by atoms with Gasteiger partial charge in [0, 0.05) is 6.20 Å². The molecule has 31 heavy (non-hydrogen) atoms. The van der Waals surface area contributed by atoms with Crippen LogP contribution in [0.3, 0.4) is 0 Å². The lowest BCUT2D eigenvalue weighted by molar-refractivity contribution is 0.135. The number of aromatic nitrogens is 4. The normalized spacial score (nSPS) is 11.6. The predicted octanol–water partition coefficient (Wildman–Crippen LogP) is 4.53. The van der Waals surface area contributed by atoms with E-state index in [0.29, 0.717) is 17.4 Å². The van der Waals surface area contributed by atoms with Crippen molar-refractivity contribution >= 4 is 17.7 Å². The number of benzene rings is 2. The van der Waals surface area contributed by atoms with Crippen LogP contribution in [-0.4, -0.2) is 26.1 Å². The molecule has 2 heterocycles. The van der Waals surface area contributed by atoms with E-state index in [2.05, 4.69) is 20.6 Å². The van der Waals surface area contributed by atoms with Crippen molar-refractivity contribution < 1.29 is 9.53 Å². The lowest BCUT2D eigenvalue weighted by Gasteiger charge is -2.20. The van der Waals surface area contributed by atoms with Crippen LogP contribution < -0.4 is 5.32 Å². The average molecular weight is 434 g/mol. The molecule has 0 fully saturated rings. The first-order valence-corrected chi connectivity index (χ1v) is 10.1. The molecule has 2 aromatic heterocycles. The van der Waals surface area contributed by atoms with Crippen LogP contribution in [0.2, 0.25) is 5.15 Å². The average Bonchev–Trinajstić information content (AvgIpc) is 3.29. The summed E-state index contributed by atoms with van der Waals surface area (Å²) >= 11 is 5.86. The predicted molar refractivity (Wildman–Crippen MR) is 117 cm³/mol. The largest absolute Gasteiger partial charge is 0.445 e. The molecule has 8 heteroatoms. The fraction of sp³-hybridized carbons (Fsp3) is 0.130. The standard InChI is InChI=1S/C23H20ClN5O2/c24-21-11-12-22(28-27-21)29-20(13-14-25-29)19(15-17-7-3-1-4-8-17)26-23(30)31-16-18-9-5-2-6-10-18/h1-14,19H,15-16H2,(H,26,30)/t19-/m0/s1. The van der Waals surface area contributed by atoms with Crippen molar-refractivity contribution in [3.05, 3.63) is 107 Å². The van der Waals surface area contributed by atoms with E-state index in [0.717, 1.165) is 16.8 Å². The topological polar surface area (TPSA) is 81.9 Å². The third-order valence-corrected chi connectivity index (χ3v) is 4.85. The minimum Gasteiger partial charge on any atom is -0.445 e. The van der Waals surface area contributed by atoms with Crippen molar-refractivity contribution in [1.29, 1.82) is 0 Å². The molecule has 4 rings (SSSR count). The van der Waals surface area contributed by atoms with E-state index in [1.807, 2.05) is 66.7 Å². The molecule has 0 radical (unpaired) electrons. The van der Waals surface area contributed by atoms with E-state index >= 15 is 0 Å². The highest BCUT2D eigenvalue weighted by Crippen LogP contribution is 2.21. The lowest BCUT2D eigenvalue weighted by Crippen LogP contribution is -2.32. The van der Waals surface area contributed by atoms with Gasteiger partial charge in [0.05, 0.1) is 11.7 Å². The van der Waals surface area contributed by atoms with Crippen LogP contribution in [0.1, 0.15) is 22.9 Å². The van der Waals surface area contributed by atoms with Crippen molar-refractivity contribution in [1.82, 2.24) is 25.3 Å². The number of carbonyl (C=O) groups is 1. The number of hydrogen-bond acceptors (Lipinski definition) is 5. The summed E-state index contributed by atoms with van der Waals surface area (Å²) in [6.07, 6.45) is 1.69. The van der Waals surface area contributed by atoms with Gasteiger partial charge in [-0.05, 0) is 35.7 Å². The quantitative estimate of drug-likeness (QED) is 0.463. The van der Waals surface area contributed by atoms with Gasteiger partial charge in [-0.25, -0.2) is 9.48 Å². The van der Waals surface area contributed by atoms with Gasteiger partial charge in [-0.2, -0.15) is 5.10 Å². The van der Waals surface area contributed by atoms with E-state index in [9.17, 15) is 4.79 Å². The second-order valence-electron chi connectivity index (χ2n) is 6.83. The molecular formula is C23H20ClN5O2. The van der Waals surface area contributed by atoms with E-state index in [1.54, 1.807) is 23.0 Å². The Kier molecular flexibility index (Phi) is 6.54. The van der Waals surface area contributed by atoms with E-state index in [-0.39, 0.29) is 6.61 Å². The van der Waals surface area contributed by atoms with Gasteiger partial charge in [0.25, 0.3) is 0 Å². The highest BCUT2D eigenvalue weighted by Gasteiger charge is 2.21. The van der Waals surface area contributed by atoms with Crippen LogP contribution >= 0.6 is 11.6 Å². The zero-order valence-corrected chi connectivity index (χ0v) is 17.3. The second-order valence-corrected chi connectivity index (χ2v) is 7.22. The highest BCUT2D eigenvalue weighted by atomic mass is 35.5. The van der Waals surface area contributed by atoms with Gasteiger partial charge >= 0.3 is 6.09 Å². The van der Waals surface area contributed by atoms with Gasteiger partial charge in [0.1, 0.15) is 6.61 Å². The zero-order valence-electron chi connectivity index (χ0n) is 16.6. The number of alkyl carbamates (subject to hydrolysis) is 1. The first kappa shape index (κ1) is 20.6. The second kappa shape index (κ2) is 9.86. The summed E-state index contributed by atoms with van der Waals surface area (Å²) < 4.78 is 7.06. The van der Waals surface area contributed by atoms with Gasteiger partial charge in [0.2, 0.25) is 0 Å². The van der Waals surface area contributed by atoms with Crippen LogP contribution in [0.15, 0.2) is 85.1 Å². The van der Waals surface area contributed by atoms with Crippen LogP contribution in [0.5, 0.6) is 0 Å². The maximum Gasteiger partial charge on any atom is 0.408 e. The van der Waals surface area contributed by atoms with E-state index in [4.69, 9.17) is 16.3 Å². The fourth-order valence-electron chi connectivity index (χ4n) is 3.18. The van der Waals surface area contributed by atoms with Crippen molar-refractivity contribution in [3.63, 3.8) is 0 Å². The van der Waals surface area contributed by atoms with Crippen molar-refractivity contribution in [3.8, 4) is 5.82 Å². The third-order valence-electron chi connectivity index (χ3n) is 4.65. The Morgan fingerprint density at radius 3 is 2.32 bits per heavy atom. The van der Waals surface area contributed by atoms with Gasteiger partial charge in [-0.1, -0.05) is 72.3 Å². The molecule has 2 aromatic carbocycles. The molecule has 0 unspecified atom stereocenters. The van der Waals surface area contributed by atoms with Crippen LogP contribution in [-0.2, 0) is 17.8 Å². The Morgan fingerprint density at radius 2 is 1.65 bits per heavy atom. The molecule has 156 valence electrons. The Labute approximate surface area is 184 Å². The van der Waals surface area contributed by atoms with Gasteiger partial charge < -0.3 is 10.1 Å². The molecule has 0 aliphatic heterocycles. The number of ether oxygens (including phenoxy) is 1. The van der Waals surface area contributed by atoms with Crippen LogP contribution in [0.25, 0.3) is 5.82 Å². The van der Waals surface area contributed by atoms with Gasteiger partial charge in [0.15, 0.2) is 11.0 Å². The van der Waals surface area contributed by atoms with E-state index < -0.39 is 12.1 Å². The molecule has 7 nitrogen and oxygen atoms in total. The first-order valence-electron chi connectivity index (χ1n) is 9.74. The van der Waals surface area contributed by atoms with Crippen LogP contribution in [0.4, 0.5) is 4.79 Å². The summed E-state index contributed by atoms with van der Waals surface area (Å²) in [7, 11) is 0. The van der Waals surface area contributed by atoms with E-state index in [1.165, 1.54) is 0 Å². The summed E-state index contributed by atoms with van der Waals surface area (Å²) in [5.74, 6) is 0.502. The highest BCUT2D eigenvalue weighted by molar-refractivity contribution is 6.29. The molecule has 1 amide bonds. The fourth-order valence-corrected chi connectivity index (χ4v) is 3.28. The Hall–Kier alpha value is -3.71. The number of carbonyl (C=O) groups excluding carboxylic acids is 1. The Bertz CT molecular complexity index is 1120. The zero-order chi connectivity index (χ0) is 21.5. The molecule has 0 saturated heterocycles. The lowest BCUT2D eigenvalue weighted by atomic mass is 10.0. The number of nitrogens with one attached hydrogen (secondary N) is 1. The monoisotopic (exact) mass is 433 g/mol. The number of nitrogens with zero attached hydrogens (tertiary/aromatic N) is 4. The Morgan fingerprint density at radius 1 is 0.935 bits per heavy atom. The SMILES string of the molecule is O=C(N[C@@H](Cc1ccccc1)c1ccnn1-c1ccc(Cl)nn1)OCc1ccccc1. The maximum absolute atomic E-state index is 12.6. The van der Waals surface area contributed by atoms with Gasteiger partial charge in [-0.3, -0.25) is 0 Å². The summed E-state index contributed by atoms with van der Waals surface area (Å²) in [5, 5.41) is 15.6. The van der Waals surface area contributed by atoms with Crippen molar-refractivity contribution in [2.75, 3.05) is 0 Å². The van der Waals surface area contributed by atoms with Crippen molar-refractivity contribution in [2.24, 2.45) is 0 Å². The summed E-state index contributed by atoms with van der Waals surface area (Å²) in [6, 6.07) is 24.2. The molecule has 0 saturated carbocycles. The molecule has 0 bridgehead atoms. The number of amides is 1. The molecule has 4 aromatic rings. The minimum absolute atomic E-state index is 0.187. The maximum atomic E-state index is 12.6. The molecule has 1 atom stereocenters. The van der Waals surface area contributed by atoms with Crippen LogP contribution in [0, 0.1) is 0 Å². The summed E-state index contributed by atoms with van der Waals surface area (Å²) in [5.41, 5.74) is 2.72. The summed E-state index contributed by atoms with van der Waals surface area (Å²) in [4.78, 5) is 12.6. The number of hydrogen-bond donors (Lipinski definition) is 1. The molecular weight excluding hydrogens is 414 g/mol. The number of rotatable bonds is 7. The van der Waals surface area contributed by atoms with Gasteiger partial charge in [-0.15, -0.1) is 10.2 Å². The van der Waals surface area contributed by atoms with Crippen molar-refractivity contribution in [2.45, 2.75) is 19.1 Å². The molecule has 1 N–H and O–H groups in total. The molecule has 0 aliphatic carbocycles. The first-order chi connectivity index (χ1) is 15.2. The minimum atomic E-state index is -0.514. The smallest absolute Gasteiger partial charge is 0.408 e. The molecule has 0 spiro atoms. The molecule has 0 aliphatic rings.